The van der Waals surface area contributed by atoms with Crippen LogP contribution in [0, 0.1) is 17.1 Å². The molecule has 45 heavy (non-hydrogen) atoms. The van der Waals surface area contributed by atoms with E-state index >= 15 is 0 Å². The number of halogens is 1. The number of amides is 1. The van der Waals surface area contributed by atoms with E-state index < -0.39 is 21.7 Å². The zero-order valence-electron chi connectivity index (χ0n) is 24.4. The lowest BCUT2D eigenvalue weighted by molar-refractivity contribution is 0.0964. The summed E-state index contributed by atoms with van der Waals surface area (Å²) in [6.07, 6.45) is 1.78. The highest BCUT2D eigenvalue weighted by Gasteiger charge is 2.29. The number of nitrogens with one attached hydrogen (secondary N) is 1. The van der Waals surface area contributed by atoms with E-state index in [0.717, 1.165) is 32.7 Å². The van der Waals surface area contributed by atoms with Gasteiger partial charge in [0, 0.05) is 42.7 Å². The van der Waals surface area contributed by atoms with Crippen LogP contribution in [0.2, 0.25) is 0 Å². The molecule has 0 atom stereocenters. The van der Waals surface area contributed by atoms with Crippen LogP contribution >= 0.6 is 0 Å². The van der Waals surface area contributed by atoms with Crippen molar-refractivity contribution < 1.29 is 22.0 Å². The maximum Gasteiger partial charge on any atom is 0.255 e. The first-order valence-electron chi connectivity index (χ1n) is 14.0. The van der Waals surface area contributed by atoms with Crippen molar-refractivity contribution in [1.82, 2.24) is 19.9 Å². The molecular weight excluding hydrogens is 595 g/mol. The molecule has 0 aliphatic carbocycles. The molecule has 5 heterocycles. The molecule has 2 aromatic carbocycles. The second-order valence-electron chi connectivity index (χ2n) is 10.8. The van der Waals surface area contributed by atoms with Crippen LogP contribution in [0.25, 0.3) is 56.0 Å². The molecule has 1 aliphatic rings. The van der Waals surface area contributed by atoms with Gasteiger partial charge in [0.05, 0.1) is 45.9 Å². The number of pyridine rings is 2. The molecule has 1 amide bonds. The average molecular weight is 621 g/mol. The molecule has 4 aromatic heterocycles. The molecule has 10 nitrogen and oxygen atoms in total. The first-order valence-corrected chi connectivity index (χ1v) is 15.9. The minimum Gasteiger partial charge on any atom is -0.437 e. The van der Waals surface area contributed by atoms with E-state index in [2.05, 4.69) is 20.9 Å². The van der Waals surface area contributed by atoms with Crippen LogP contribution in [-0.2, 0) is 23.0 Å². The number of anilines is 1. The fraction of sp³-hybridized carbons (Fsp3) is 0.152. The third-order valence-corrected chi connectivity index (χ3v) is 9.36. The quantitative estimate of drug-likeness (QED) is 0.269. The molecule has 0 unspecified atom stereocenters. The lowest BCUT2D eigenvalue weighted by Gasteiger charge is -2.22. The van der Waals surface area contributed by atoms with Crippen molar-refractivity contribution >= 4 is 43.8 Å². The van der Waals surface area contributed by atoms with E-state index in [4.69, 9.17) is 9.40 Å². The second-order valence-corrected chi connectivity index (χ2v) is 12.8. The van der Waals surface area contributed by atoms with Crippen LogP contribution in [0.5, 0.6) is 0 Å². The highest BCUT2D eigenvalue weighted by molar-refractivity contribution is 7.92. The van der Waals surface area contributed by atoms with Crippen LogP contribution in [-0.4, -0.2) is 49.2 Å². The van der Waals surface area contributed by atoms with Gasteiger partial charge in [-0.25, -0.2) is 17.8 Å². The van der Waals surface area contributed by atoms with Crippen LogP contribution in [0.15, 0.2) is 71.1 Å². The molecule has 0 saturated heterocycles. The van der Waals surface area contributed by atoms with Crippen molar-refractivity contribution in [3.63, 3.8) is 0 Å². The maximum atomic E-state index is 13.7. The summed E-state index contributed by atoms with van der Waals surface area (Å²) in [5.74, 6) is -0.682. The van der Waals surface area contributed by atoms with E-state index in [0.29, 0.717) is 46.4 Å². The summed E-state index contributed by atoms with van der Waals surface area (Å²) >= 11 is 0. The number of furan rings is 1. The van der Waals surface area contributed by atoms with Crippen molar-refractivity contribution in [2.24, 2.45) is 0 Å². The lowest BCUT2D eigenvalue weighted by atomic mass is 10.0. The molecule has 12 heteroatoms. The number of fused-ring (bicyclic) bond motifs is 6. The van der Waals surface area contributed by atoms with Crippen LogP contribution in [0.4, 0.5) is 10.2 Å². The van der Waals surface area contributed by atoms with Gasteiger partial charge in [0.15, 0.2) is 5.82 Å². The topological polar surface area (TPSA) is 134 Å². The number of nitrogens with zero attached hydrogens (tertiary/aromatic N) is 5. The Balaban J connectivity index is 1.49. The molecule has 7 rings (SSSR count). The number of nitriles is 1. The number of sulfonamides is 1. The number of aromatic nitrogens is 3. The lowest BCUT2D eigenvalue weighted by Crippen LogP contribution is -2.26. The molecular formula is C33H25FN6O4S. The van der Waals surface area contributed by atoms with Gasteiger partial charge in [-0.05, 0) is 66.6 Å². The van der Waals surface area contributed by atoms with Gasteiger partial charge in [0.1, 0.15) is 11.6 Å². The van der Waals surface area contributed by atoms with Gasteiger partial charge < -0.3 is 14.3 Å². The predicted octanol–water partition coefficient (Wildman–Crippen LogP) is 5.50. The van der Waals surface area contributed by atoms with E-state index in [9.17, 15) is 22.9 Å². The Bertz CT molecular complexity index is 2350. The minimum atomic E-state index is -3.78. The van der Waals surface area contributed by atoms with Gasteiger partial charge in [-0.3, -0.25) is 9.10 Å². The Morgan fingerprint density at radius 2 is 1.87 bits per heavy atom. The zero-order valence-corrected chi connectivity index (χ0v) is 25.2. The summed E-state index contributed by atoms with van der Waals surface area (Å²) in [6, 6.07) is 20.8. The van der Waals surface area contributed by atoms with Gasteiger partial charge >= 0.3 is 0 Å². The number of carbonyl (C=O) groups excluding carboxylic acids is 1. The van der Waals surface area contributed by atoms with E-state index in [1.807, 2.05) is 24.3 Å². The third-order valence-electron chi connectivity index (χ3n) is 8.19. The molecule has 6 aromatic rings. The molecule has 0 radical (unpaired) electrons. The predicted molar refractivity (Wildman–Crippen MR) is 169 cm³/mol. The standard InChI is InChI=1S/C33H25FN6O4S/c1-36-32(41)28-24-15-23(31(39(2)45(3,42)43)38-33(24)44-30(28)19-7-10-21(34)11-8-19)25-12-9-18-13-14-40-26-6-4-5-20(17-35)22(26)16-27(40)29(18)37-25/h4-12,15-16H,13-14H2,1-3H3,(H,36,41). The zero-order chi connectivity index (χ0) is 31.6. The van der Waals surface area contributed by atoms with Crippen molar-refractivity contribution in [2.45, 2.75) is 13.0 Å². The normalized spacial score (nSPS) is 12.5. The Morgan fingerprint density at radius 1 is 1.09 bits per heavy atom. The largest absolute Gasteiger partial charge is 0.437 e. The summed E-state index contributed by atoms with van der Waals surface area (Å²) in [7, 11) is -0.913. The summed E-state index contributed by atoms with van der Waals surface area (Å²) in [5, 5.41) is 13.5. The summed E-state index contributed by atoms with van der Waals surface area (Å²) < 4.78 is 48.6. The number of carbonyl (C=O) groups is 1. The Labute approximate surface area is 257 Å². The summed E-state index contributed by atoms with van der Waals surface area (Å²) in [6.45, 7) is 0.716. The number of hydrogen-bond donors (Lipinski definition) is 1. The fourth-order valence-electron chi connectivity index (χ4n) is 5.87. The average Bonchev–Trinajstić information content (AvgIpc) is 3.61. The maximum absolute atomic E-state index is 13.7. The first-order chi connectivity index (χ1) is 21.6. The van der Waals surface area contributed by atoms with Gasteiger partial charge in [0.2, 0.25) is 15.7 Å². The second kappa shape index (κ2) is 10.3. The SMILES string of the molecule is CNC(=O)c1c(-c2ccc(F)cc2)oc2nc(N(C)S(C)(=O)=O)c(-c3ccc4c(n3)-c3cc5c(C#N)cccc5n3CC4)cc12. The summed E-state index contributed by atoms with van der Waals surface area (Å²) in [5.41, 5.74) is 5.50. The Kier molecular flexibility index (Phi) is 6.45. The Hall–Kier alpha value is -5.54. The highest BCUT2D eigenvalue weighted by Crippen LogP contribution is 2.41. The van der Waals surface area contributed by atoms with Crippen LogP contribution in [0.3, 0.4) is 0 Å². The van der Waals surface area contributed by atoms with Gasteiger partial charge in [-0.15, -0.1) is 0 Å². The molecule has 0 fully saturated rings. The van der Waals surface area contributed by atoms with E-state index in [1.54, 1.807) is 18.2 Å². The number of benzene rings is 2. The van der Waals surface area contributed by atoms with Gasteiger partial charge in [-0.1, -0.05) is 12.1 Å². The fourth-order valence-corrected chi connectivity index (χ4v) is 6.32. The highest BCUT2D eigenvalue weighted by atomic mass is 32.2. The molecule has 0 spiro atoms. The number of hydrogen-bond acceptors (Lipinski definition) is 7. The van der Waals surface area contributed by atoms with Crippen molar-refractivity contribution in [3.8, 4) is 40.0 Å². The number of aryl methyl sites for hydroxylation is 2. The van der Waals surface area contributed by atoms with Gasteiger partial charge in [-0.2, -0.15) is 10.2 Å². The molecule has 1 N–H and O–H groups in total. The monoisotopic (exact) mass is 620 g/mol. The molecule has 0 bridgehead atoms. The van der Waals surface area contributed by atoms with Gasteiger partial charge in [0.25, 0.3) is 5.91 Å². The van der Waals surface area contributed by atoms with Crippen molar-refractivity contribution in [3.05, 3.63) is 89.2 Å². The minimum absolute atomic E-state index is 0.0318. The third kappa shape index (κ3) is 4.51. The molecule has 0 saturated carbocycles. The van der Waals surface area contributed by atoms with Crippen molar-refractivity contribution in [1.29, 1.82) is 5.26 Å². The Morgan fingerprint density at radius 3 is 2.58 bits per heavy atom. The molecule has 224 valence electrons. The van der Waals surface area contributed by atoms with Crippen molar-refractivity contribution in [2.75, 3.05) is 24.7 Å². The molecule has 1 aliphatic heterocycles. The summed E-state index contributed by atoms with van der Waals surface area (Å²) in [4.78, 5) is 22.9. The van der Waals surface area contributed by atoms with E-state index in [1.165, 1.54) is 38.4 Å². The smallest absolute Gasteiger partial charge is 0.255 e. The van der Waals surface area contributed by atoms with Crippen LogP contribution in [0.1, 0.15) is 21.5 Å². The first kappa shape index (κ1) is 28.2. The number of rotatable bonds is 5. The van der Waals surface area contributed by atoms with Crippen LogP contribution < -0.4 is 9.62 Å². The van der Waals surface area contributed by atoms with E-state index in [-0.39, 0.29) is 22.9 Å².